The zero-order valence-corrected chi connectivity index (χ0v) is 11.4. The van der Waals surface area contributed by atoms with Crippen molar-refractivity contribution in [3.8, 4) is 6.07 Å². The fourth-order valence-corrected chi connectivity index (χ4v) is 3.49. The fraction of sp³-hybridized carbons (Fsp3) is 0.417. The number of nitriles is 1. The zero-order chi connectivity index (χ0) is 14.0. The highest BCUT2D eigenvalue weighted by Crippen LogP contribution is 2.24. The number of ether oxygens (including phenoxy) is 1. The smallest absolute Gasteiger partial charge is 0.245 e. The second kappa shape index (κ2) is 5.17. The van der Waals surface area contributed by atoms with Crippen LogP contribution in [0.25, 0.3) is 0 Å². The van der Waals surface area contributed by atoms with Gasteiger partial charge < -0.3 is 10.5 Å². The molecule has 0 spiro atoms. The third kappa shape index (κ3) is 2.71. The van der Waals surface area contributed by atoms with Crippen LogP contribution < -0.4 is 5.73 Å². The van der Waals surface area contributed by atoms with Crippen LogP contribution in [0.15, 0.2) is 23.1 Å². The molecule has 19 heavy (non-hydrogen) atoms. The van der Waals surface area contributed by atoms with Gasteiger partial charge in [-0.1, -0.05) is 6.07 Å². The van der Waals surface area contributed by atoms with Crippen LogP contribution in [0.4, 0.5) is 5.69 Å². The Morgan fingerprint density at radius 1 is 1.53 bits per heavy atom. The number of rotatable bonds is 2. The van der Waals surface area contributed by atoms with Crippen LogP contribution in [0.5, 0.6) is 0 Å². The molecule has 2 rings (SSSR count). The van der Waals surface area contributed by atoms with Crippen LogP contribution in [0, 0.1) is 18.3 Å². The monoisotopic (exact) mass is 281 g/mol. The van der Waals surface area contributed by atoms with E-state index in [0.717, 1.165) is 5.56 Å². The van der Waals surface area contributed by atoms with E-state index in [2.05, 4.69) is 0 Å². The Bertz CT molecular complexity index is 622. The van der Waals surface area contributed by atoms with E-state index in [-0.39, 0.29) is 30.3 Å². The number of hydrogen-bond acceptors (Lipinski definition) is 5. The topological polar surface area (TPSA) is 96.4 Å². The number of benzene rings is 1. The van der Waals surface area contributed by atoms with Crippen LogP contribution in [0.2, 0.25) is 0 Å². The number of morpholine rings is 1. The zero-order valence-electron chi connectivity index (χ0n) is 10.5. The Morgan fingerprint density at radius 3 is 2.89 bits per heavy atom. The van der Waals surface area contributed by atoms with Crippen molar-refractivity contribution < 1.29 is 13.2 Å². The maximum atomic E-state index is 12.5. The first-order valence-electron chi connectivity index (χ1n) is 5.82. The maximum absolute atomic E-state index is 12.5. The van der Waals surface area contributed by atoms with Gasteiger partial charge in [0.05, 0.1) is 24.9 Å². The predicted molar refractivity (Wildman–Crippen MR) is 69.7 cm³/mol. The highest BCUT2D eigenvalue weighted by molar-refractivity contribution is 7.89. The number of sulfonamides is 1. The summed E-state index contributed by atoms with van der Waals surface area (Å²) < 4.78 is 31.3. The summed E-state index contributed by atoms with van der Waals surface area (Å²) in [6.07, 6.45) is -0.727. The van der Waals surface area contributed by atoms with Gasteiger partial charge >= 0.3 is 0 Å². The highest BCUT2D eigenvalue weighted by Gasteiger charge is 2.31. The lowest BCUT2D eigenvalue weighted by atomic mass is 10.2. The molecule has 0 saturated carbocycles. The van der Waals surface area contributed by atoms with Crippen molar-refractivity contribution in [2.45, 2.75) is 17.9 Å². The Balaban J connectivity index is 2.34. The molecule has 1 fully saturated rings. The van der Waals surface area contributed by atoms with Gasteiger partial charge in [-0.05, 0) is 24.6 Å². The van der Waals surface area contributed by atoms with E-state index in [1.807, 2.05) is 13.0 Å². The standard InChI is InChI=1S/C12H15N3O3S/c1-9-2-3-12(11(14)6-9)19(16,17)15-4-5-18-10(7-13)8-15/h2-3,6,10H,4-5,8,14H2,1H3. The largest absolute Gasteiger partial charge is 0.398 e. The van der Waals surface area contributed by atoms with Crippen LogP contribution in [0.1, 0.15) is 5.56 Å². The van der Waals surface area contributed by atoms with Gasteiger partial charge in [0.1, 0.15) is 4.90 Å². The van der Waals surface area contributed by atoms with Gasteiger partial charge in [-0.2, -0.15) is 9.57 Å². The summed E-state index contributed by atoms with van der Waals surface area (Å²) in [4.78, 5) is 0.0803. The van der Waals surface area contributed by atoms with E-state index in [4.69, 9.17) is 15.7 Å². The van der Waals surface area contributed by atoms with E-state index < -0.39 is 16.1 Å². The summed E-state index contributed by atoms with van der Waals surface area (Å²) in [6, 6.07) is 6.74. The number of nitrogen functional groups attached to an aromatic ring is 1. The molecule has 1 aromatic rings. The molecule has 1 atom stereocenters. The summed E-state index contributed by atoms with van der Waals surface area (Å²) in [7, 11) is -3.68. The lowest BCUT2D eigenvalue weighted by molar-refractivity contribution is 0.0311. The first kappa shape index (κ1) is 13.8. The van der Waals surface area contributed by atoms with Gasteiger partial charge in [-0.3, -0.25) is 0 Å². The number of nitrogens with zero attached hydrogens (tertiary/aromatic N) is 2. The highest BCUT2D eigenvalue weighted by atomic mass is 32.2. The number of hydrogen-bond donors (Lipinski definition) is 1. The minimum Gasteiger partial charge on any atom is -0.398 e. The third-order valence-electron chi connectivity index (χ3n) is 2.96. The molecule has 1 aliphatic rings. The summed E-state index contributed by atoms with van der Waals surface area (Å²) in [5, 5.41) is 8.81. The van der Waals surface area contributed by atoms with E-state index in [1.165, 1.54) is 10.4 Å². The molecular weight excluding hydrogens is 266 g/mol. The lowest BCUT2D eigenvalue weighted by Crippen LogP contribution is -2.45. The van der Waals surface area contributed by atoms with Crippen molar-refractivity contribution >= 4 is 15.7 Å². The molecule has 0 aliphatic carbocycles. The first-order valence-corrected chi connectivity index (χ1v) is 7.26. The summed E-state index contributed by atoms with van der Waals surface area (Å²) >= 11 is 0. The third-order valence-corrected chi connectivity index (χ3v) is 4.90. The normalized spacial score (nSPS) is 20.9. The van der Waals surface area contributed by atoms with E-state index in [9.17, 15) is 8.42 Å². The van der Waals surface area contributed by atoms with Crippen molar-refractivity contribution in [2.75, 3.05) is 25.4 Å². The Labute approximate surface area is 112 Å². The Kier molecular flexibility index (Phi) is 3.75. The number of nitrogens with two attached hydrogens (primary N) is 1. The van der Waals surface area contributed by atoms with Crippen molar-refractivity contribution in [2.24, 2.45) is 0 Å². The number of aryl methyl sites for hydroxylation is 1. The average molecular weight is 281 g/mol. The Morgan fingerprint density at radius 2 is 2.26 bits per heavy atom. The number of anilines is 1. The van der Waals surface area contributed by atoms with Crippen molar-refractivity contribution in [3.05, 3.63) is 23.8 Å². The molecule has 6 nitrogen and oxygen atoms in total. The van der Waals surface area contributed by atoms with Crippen molar-refractivity contribution in [3.63, 3.8) is 0 Å². The molecule has 1 aromatic carbocycles. The molecule has 7 heteroatoms. The second-order valence-corrected chi connectivity index (χ2v) is 6.30. The summed E-state index contributed by atoms with van der Waals surface area (Å²) in [5.74, 6) is 0. The van der Waals surface area contributed by atoms with Gasteiger partial charge in [0.2, 0.25) is 10.0 Å². The van der Waals surface area contributed by atoms with E-state index in [1.54, 1.807) is 12.1 Å². The summed E-state index contributed by atoms with van der Waals surface area (Å²) in [5.41, 5.74) is 6.90. The fourth-order valence-electron chi connectivity index (χ4n) is 1.96. The van der Waals surface area contributed by atoms with Gasteiger partial charge in [0.25, 0.3) is 0 Å². The molecular formula is C12H15N3O3S. The minimum absolute atomic E-state index is 0.0339. The van der Waals surface area contributed by atoms with Crippen LogP contribution >= 0.6 is 0 Å². The average Bonchev–Trinajstić information content (AvgIpc) is 2.38. The molecule has 2 N–H and O–H groups in total. The maximum Gasteiger partial charge on any atom is 0.245 e. The predicted octanol–water partition coefficient (Wildman–Crippen LogP) is 0.490. The quantitative estimate of drug-likeness (QED) is 0.796. The minimum atomic E-state index is -3.68. The molecule has 0 radical (unpaired) electrons. The van der Waals surface area contributed by atoms with E-state index >= 15 is 0 Å². The molecule has 102 valence electrons. The van der Waals surface area contributed by atoms with Gasteiger partial charge in [-0.15, -0.1) is 0 Å². The first-order chi connectivity index (χ1) is 8.95. The molecule has 1 aliphatic heterocycles. The molecule has 0 amide bonds. The molecule has 1 unspecified atom stereocenters. The van der Waals surface area contributed by atoms with Crippen molar-refractivity contribution in [1.29, 1.82) is 5.26 Å². The second-order valence-electron chi connectivity index (χ2n) is 4.39. The van der Waals surface area contributed by atoms with Gasteiger partial charge in [0.15, 0.2) is 6.10 Å². The van der Waals surface area contributed by atoms with E-state index in [0.29, 0.717) is 0 Å². The SMILES string of the molecule is Cc1ccc(S(=O)(=O)N2CCOC(C#N)C2)c(N)c1. The van der Waals surface area contributed by atoms with Gasteiger partial charge in [-0.25, -0.2) is 8.42 Å². The molecule has 0 bridgehead atoms. The Hall–Kier alpha value is -1.62. The lowest BCUT2D eigenvalue weighted by Gasteiger charge is -2.29. The molecule has 0 aromatic heterocycles. The molecule has 1 saturated heterocycles. The van der Waals surface area contributed by atoms with Crippen LogP contribution in [-0.4, -0.2) is 38.5 Å². The van der Waals surface area contributed by atoms with Gasteiger partial charge in [0, 0.05) is 6.54 Å². The molecule has 1 heterocycles. The van der Waals surface area contributed by atoms with Crippen LogP contribution in [0.3, 0.4) is 0 Å². The van der Waals surface area contributed by atoms with Crippen LogP contribution in [-0.2, 0) is 14.8 Å². The van der Waals surface area contributed by atoms with Crippen molar-refractivity contribution in [1.82, 2.24) is 4.31 Å². The summed E-state index contributed by atoms with van der Waals surface area (Å²) in [6.45, 7) is 2.32.